The Bertz CT molecular complexity index is 504. The van der Waals surface area contributed by atoms with Crippen LogP contribution in [0.3, 0.4) is 0 Å². The van der Waals surface area contributed by atoms with Crippen molar-refractivity contribution < 1.29 is 14.5 Å². The second-order valence-corrected chi connectivity index (χ2v) is 3.97. The molecule has 1 amide bonds. The van der Waals surface area contributed by atoms with Crippen LogP contribution >= 0.6 is 11.6 Å². The Kier molecular flexibility index (Phi) is 4.46. The molecule has 0 atom stereocenters. The normalized spacial score (nSPS) is 10.0. The standard InChI is InChI=1S/C10H12ClN3O4/c1-5-3-7(18-4-8(15)13-12)10(14(16)17)6(2)9(5)11/h3H,4,12H2,1-2H3,(H,13,15). The molecule has 0 aliphatic heterocycles. The number of halogens is 1. The predicted octanol–water partition coefficient (Wildman–Crippen LogP) is 1.23. The lowest BCUT2D eigenvalue weighted by molar-refractivity contribution is -0.386. The minimum absolute atomic E-state index is 0.0111. The van der Waals surface area contributed by atoms with Crippen LogP contribution in [0, 0.1) is 24.0 Å². The lowest BCUT2D eigenvalue weighted by Gasteiger charge is -2.10. The van der Waals surface area contributed by atoms with Gasteiger partial charge in [0.1, 0.15) is 0 Å². The zero-order chi connectivity index (χ0) is 13.9. The number of hydrogen-bond acceptors (Lipinski definition) is 5. The number of amides is 1. The fraction of sp³-hybridized carbons (Fsp3) is 0.300. The van der Waals surface area contributed by atoms with E-state index in [1.165, 1.54) is 13.0 Å². The fourth-order valence-corrected chi connectivity index (χ4v) is 1.58. The van der Waals surface area contributed by atoms with Crippen molar-refractivity contribution in [2.24, 2.45) is 5.84 Å². The van der Waals surface area contributed by atoms with Crippen molar-refractivity contribution >= 4 is 23.2 Å². The molecule has 7 nitrogen and oxygen atoms in total. The molecular weight excluding hydrogens is 262 g/mol. The third-order valence-electron chi connectivity index (χ3n) is 2.31. The van der Waals surface area contributed by atoms with E-state index in [4.69, 9.17) is 22.2 Å². The smallest absolute Gasteiger partial charge is 0.315 e. The molecular formula is C10H12ClN3O4. The van der Waals surface area contributed by atoms with Gasteiger partial charge in [0.05, 0.1) is 9.95 Å². The van der Waals surface area contributed by atoms with Crippen molar-refractivity contribution in [3.05, 3.63) is 32.3 Å². The topological polar surface area (TPSA) is 107 Å². The summed E-state index contributed by atoms with van der Waals surface area (Å²) in [5, 5.41) is 11.3. The molecule has 0 aromatic heterocycles. The maximum Gasteiger partial charge on any atom is 0.315 e. The molecule has 3 N–H and O–H groups in total. The van der Waals surface area contributed by atoms with Crippen molar-refractivity contribution in [2.75, 3.05) is 6.61 Å². The molecule has 0 radical (unpaired) electrons. The maximum absolute atomic E-state index is 11.0. The Labute approximate surface area is 108 Å². The molecule has 0 saturated heterocycles. The second kappa shape index (κ2) is 5.65. The van der Waals surface area contributed by atoms with E-state index in [9.17, 15) is 14.9 Å². The number of nitrogens with one attached hydrogen (secondary N) is 1. The molecule has 0 heterocycles. The lowest BCUT2D eigenvalue weighted by atomic mass is 10.1. The average molecular weight is 274 g/mol. The van der Waals surface area contributed by atoms with Gasteiger partial charge in [-0.15, -0.1) is 0 Å². The number of aryl methyl sites for hydroxylation is 1. The van der Waals surface area contributed by atoms with Gasteiger partial charge in [0, 0.05) is 5.56 Å². The maximum atomic E-state index is 11.0. The average Bonchev–Trinajstić information content (AvgIpc) is 2.32. The highest BCUT2D eigenvalue weighted by Crippen LogP contribution is 2.37. The molecule has 1 aromatic rings. The minimum Gasteiger partial charge on any atom is -0.477 e. The number of rotatable bonds is 4. The van der Waals surface area contributed by atoms with Gasteiger partial charge in [-0.3, -0.25) is 20.3 Å². The van der Waals surface area contributed by atoms with Crippen molar-refractivity contribution in [3.8, 4) is 5.75 Å². The molecule has 18 heavy (non-hydrogen) atoms. The van der Waals surface area contributed by atoms with Gasteiger partial charge in [-0.1, -0.05) is 11.6 Å². The van der Waals surface area contributed by atoms with E-state index >= 15 is 0 Å². The van der Waals surface area contributed by atoms with E-state index in [-0.39, 0.29) is 11.4 Å². The number of ether oxygens (including phenoxy) is 1. The molecule has 0 aliphatic carbocycles. The number of benzene rings is 1. The van der Waals surface area contributed by atoms with Gasteiger partial charge in [0.2, 0.25) is 0 Å². The van der Waals surface area contributed by atoms with E-state index < -0.39 is 17.4 Å². The number of carbonyl (C=O) groups excluding carboxylic acids is 1. The zero-order valence-electron chi connectivity index (χ0n) is 9.82. The third-order valence-corrected chi connectivity index (χ3v) is 2.90. The monoisotopic (exact) mass is 273 g/mol. The van der Waals surface area contributed by atoms with E-state index in [1.54, 1.807) is 6.92 Å². The highest BCUT2D eigenvalue weighted by atomic mass is 35.5. The van der Waals surface area contributed by atoms with Gasteiger partial charge in [0.15, 0.2) is 12.4 Å². The van der Waals surface area contributed by atoms with Crippen LogP contribution in [0.5, 0.6) is 5.75 Å². The summed E-state index contributed by atoms with van der Waals surface area (Å²) in [6, 6.07) is 1.41. The van der Waals surface area contributed by atoms with Gasteiger partial charge in [-0.2, -0.15) is 0 Å². The van der Waals surface area contributed by atoms with Gasteiger partial charge in [-0.05, 0) is 25.5 Å². The van der Waals surface area contributed by atoms with Crippen LogP contribution in [-0.2, 0) is 4.79 Å². The molecule has 0 bridgehead atoms. The number of nitrogens with zero attached hydrogens (tertiary/aromatic N) is 1. The van der Waals surface area contributed by atoms with E-state index in [1.807, 2.05) is 5.43 Å². The van der Waals surface area contributed by atoms with Crippen LogP contribution in [0.4, 0.5) is 5.69 Å². The number of nitro benzene ring substituents is 1. The Morgan fingerprint density at radius 3 is 2.72 bits per heavy atom. The first-order chi connectivity index (χ1) is 8.38. The number of hydrazine groups is 1. The molecule has 1 aromatic carbocycles. The van der Waals surface area contributed by atoms with Crippen LogP contribution < -0.4 is 16.0 Å². The molecule has 0 unspecified atom stereocenters. The molecule has 0 aliphatic rings. The Hall–Kier alpha value is -1.86. The Balaban J connectivity index is 3.17. The quantitative estimate of drug-likeness (QED) is 0.371. The molecule has 8 heteroatoms. The molecule has 0 saturated carbocycles. The largest absolute Gasteiger partial charge is 0.477 e. The highest BCUT2D eigenvalue weighted by Gasteiger charge is 2.23. The van der Waals surface area contributed by atoms with E-state index in [0.29, 0.717) is 16.1 Å². The summed E-state index contributed by atoms with van der Waals surface area (Å²) in [6.07, 6.45) is 0. The second-order valence-electron chi connectivity index (χ2n) is 3.59. The fourth-order valence-electron chi connectivity index (χ4n) is 1.43. The third kappa shape index (κ3) is 2.88. The summed E-state index contributed by atoms with van der Waals surface area (Å²) >= 11 is 5.93. The van der Waals surface area contributed by atoms with Gasteiger partial charge in [0.25, 0.3) is 5.91 Å². The molecule has 0 spiro atoms. The van der Waals surface area contributed by atoms with Crippen LogP contribution in [0.2, 0.25) is 5.02 Å². The summed E-state index contributed by atoms with van der Waals surface area (Å²) in [7, 11) is 0. The van der Waals surface area contributed by atoms with Crippen molar-refractivity contribution in [2.45, 2.75) is 13.8 Å². The van der Waals surface area contributed by atoms with Crippen LogP contribution in [0.15, 0.2) is 6.07 Å². The van der Waals surface area contributed by atoms with Crippen LogP contribution in [0.1, 0.15) is 11.1 Å². The first-order valence-corrected chi connectivity index (χ1v) is 5.32. The zero-order valence-corrected chi connectivity index (χ0v) is 10.6. The molecule has 0 fully saturated rings. The van der Waals surface area contributed by atoms with E-state index in [0.717, 1.165) is 0 Å². The number of hydrogen-bond donors (Lipinski definition) is 2. The predicted molar refractivity (Wildman–Crippen MR) is 65.4 cm³/mol. The van der Waals surface area contributed by atoms with Gasteiger partial charge < -0.3 is 4.74 Å². The van der Waals surface area contributed by atoms with Crippen molar-refractivity contribution in [1.29, 1.82) is 0 Å². The first kappa shape index (κ1) is 14.2. The Morgan fingerprint density at radius 2 is 2.22 bits per heavy atom. The summed E-state index contributed by atoms with van der Waals surface area (Å²) in [4.78, 5) is 21.3. The lowest BCUT2D eigenvalue weighted by Crippen LogP contribution is -2.34. The molecule has 1 rings (SSSR count). The Morgan fingerprint density at radius 1 is 1.61 bits per heavy atom. The van der Waals surface area contributed by atoms with Crippen LogP contribution in [0.25, 0.3) is 0 Å². The number of carbonyl (C=O) groups is 1. The number of nitrogens with two attached hydrogens (primary N) is 1. The van der Waals surface area contributed by atoms with Crippen molar-refractivity contribution in [1.82, 2.24) is 5.43 Å². The summed E-state index contributed by atoms with van der Waals surface area (Å²) < 4.78 is 5.08. The minimum atomic E-state index is -0.601. The summed E-state index contributed by atoms with van der Waals surface area (Å²) in [6.45, 7) is 2.80. The molecule has 98 valence electrons. The highest BCUT2D eigenvalue weighted by molar-refractivity contribution is 6.32. The SMILES string of the molecule is Cc1cc(OCC(=O)NN)c([N+](=O)[O-])c(C)c1Cl. The first-order valence-electron chi connectivity index (χ1n) is 4.94. The van der Waals surface area contributed by atoms with Crippen molar-refractivity contribution in [3.63, 3.8) is 0 Å². The number of nitro groups is 1. The van der Waals surface area contributed by atoms with E-state index in [2.05, 4.69) is 0 Å². The summed E-state index contributed by atoms with van der Waals surface area (Å²) in [5.41, 5.74) is 2.53. The van der Waals surface area contributed by atoms with Crippen LogP contribution in [-0.4, -0.2) is 17.4 Å². The van der Waals surface area contributed by atoms with Gasteiger partial charge in [-0.25, -0.2) is 5.84 Å². The van der Waals surface area contributed by atoms with Gasteiger partial charge >= 0.3 is 5.69 Å². The summed E-state index contributed by atoms with van der Waals surface area (Å²) in [5.74, 6) is 4.28.